The van der Waals surface area contributed by atoms with E-state index >= 15 is 0 Å². The zero-order valence-corrected chi connectivity index (χ0v) is 10.5. The molecule has 0 saturated carbocycles. The molecular weight excluding hydrogens is 210 g/mol. The van der Waals surface area contributed by atoms with Gasteiger partial charge in [-0.3, -0.25) is 4.79 Å². The molecule has 0 bridgehead atoms. The Balaban J connectivity index is 2.66. The molecule has 0 aliphatic rings. The van der Waals surface area contributed by atoms with Crippen LogP contribution in [0.5, 0.6) is 0 Å². The van der Waals surface area contributed by atoms with Crippen LogP contribution in [0, 0.1) is 12.3 Å². The van der Waals surface area contributed by atoms with Crippen molar-refractivity contribution < 1.29 is 4.79 Å². The van der Waals surface area contributed by atoms with Gasteiger partial charge >= 0.3 is 0 Å². The van der Waals surface area contributed by atoms with Crippen LogP contribution in [0.15, 0.2) is 24.3 Å². The van der Waals surface area contributed by atoms with Crippen LogP contribution in [0.1, 0.15) is 42.6 Å². The smallest absolute Gasteiger partial charge is 0.252 e. The Morgan fingerprint density at radius 2 is 2.00 bits per heavy atom. The Bertz CT molecular complexity index is 400. The van der Waals surface area contributed by atoms with Gasteiger partial charge < -0.3 is 5.32 Å². The molecule has 1 aromatic rings. The van der Waals surface area contributed by atoms with Gasteiger partial charge in [0.25, 0.3) is 5.91 Å². The van der Waals surface area contributed by atoms with Crippen LogP contribution in [0.4, 0.5) is 0 Å². The number of benzene rings is 1. The van der Waals surface area contributed by atoms with Crippen LogP contribution in [0.2, 0.25) is 0 Å². The SMILES string of the molecule is C#CC(CCC)NC(=O)c1ccc(CC)cc1. The van der Waals surface area contributed by atoms with Crippen molar-refractivity contribution in [1.29, 1.82) is 0 Å². The van der Waals surface area contributed by atoms with E-state index in [1.54, 1.807) is 0 Å². The number of carbonyl (C=O) groups excluding carboxylic acids is 1. The summed E-state index contributed by atoms with van der Waals surface area (Å²) in [6.07, 6.45) is 8.12. The highest BCUT2D eigenvalue weighted by molar-refractivity contribution is 5.94. The molecule has 1 atom stereocenters. The zero-order chi connectivity index (χ0) is 12.7. The molecule has 1 amide bonds. The van der Waals surface area contributed by atoms with Gasteiger partial charge in [-0.05, 0) is 30.5 Å². The lowest BCUT2D eigenvalue weighted by molar-refractivity contribution is 0.0944. The highest BCUT2D eigenvalue weighted by Gasteiger charge is 2.10. The van der Waals surface area contributed by atoms with Crippen molar-refractivity contribution in [1.82, 2.24) is 5.32 Å². The standard InChI is InChI=1S/C15H19NO/c1-4-7-14(6-3)16-15(17)13-10-8-12(5-2)9-11-13/h3,8-11,14H,4-5,7H2,1-2H3,(H,16,17). The zero-order valence-electron chi connectivity index (χ0n) is 10.5. The summed E-state index contributed by atoms with van der Waals surface area (Å²) in [5.41, 5.74) is 1.89. The number of amides is 1. The van der Waals surface area contributed by atoms with Gasteiger partial charge in [0.05, 0.1) is 6.04 Å². The van der Waals surface area contributed by atoms with Gasteiger partial charge in [0.2, 0.25) is 0 Å². The van der Waals surface area contributed by atoms with Gasteiger partial charge in [0.15, 0.2) is 0 Å². The molecule has 2 nitrogen and oxygen atoms in total. The second-order valence-electron chi connectivity index (χ2n) is 4.03. The van der Waals surface area contributed by atoms with E-state index in [9.17, 15) is 4.79 Å². The number of nitrogens with one attached hydrogen (secondary N) is 1. The predicted octanol–water partition coefficient (Wildman–Crippen LogP) is 2.78. The molecule has 1 unspecified atom stereocenters. The molecule has 0 radical (unpaired) electrons. The lowest BCUT2D eigenvalue weighted by Crippen LogP contribution is -2.33. The predicted molar refractivity (Wildman–Crippen MR) is 70.8 cm³/mol. The molecule has 1 N–H and O–H groups in total. The van der Waals surface area contributed by atoms with E-state index < -0.39 is 0 Å². The molecule has 0 aromatic heterocycles. The van der Waals surface area contributed by atoms with Crippen LogP contribution < -0.4 is 5.32 Å². The first kappa shape index (κ1) is 13.3. The van der Waals surface area contributed by atoms with Crippen molar-refractivity contribution in [3.63, 3.8) is 0 Å². The summed E-state index contributed by atoms with van der Waals surface area (Å²) in [6, 6.07) is 7.46. The Morgan fingerprint density at radius 1 is 1.35 bits per heavy atom. The van der Waals surface area contributed by atoms with E-state index in [2.05, 4.69) is 18.2 Å². The van der Waals surface area contributed by atoms with E-state index in [0.717, 1.165) is 19.3 Å². The fourth-order valence-electron chi connectivity index (χ4n) is 1.62. The Kier molecular flexibility index (Phi) is 5.29. The Morgan fingerprint density at radius 3 is 2.47 bits per heavy atom. The maximum atomic E-state index is 11.9. The summed E-state index contributed by atoms with van der Waals surface area (Å²) in [5, 5.41) is 2.85. The van der Waals surface area contributed by atoms with E-state index in [1.807, 2.05) is 31.2 Å². The fraction of sp³-hybridized carbons (Fsp3) is 0.400. The topological polar surface area (TPSA) is 29.1 Å². The molecule has 0 fully saturated rings. The molecule has 1 rings (SSSR count). The number of hydrogen-bond acceptors (Lipinski definition) is 1. The van der Waals surface area contributed by atoms with Crippen molar-refractivity contribution in [2.45, 2.75) is 39.2 Å². The summed E-state index contributed by atoms with van der Waals surface area (Å²) >= 11 is 0. The molecule has 1 aromatic carbocycles. The Hall–Kier alpha value is -1.75. The van der Waals surface area contributed by atoms with Gasteiger partial charge in [-0.15, -0.1) is 6.42 Å². The molecule has 0 heterocycles. The quantitative estimate of drug-likeness (QED) is 0.773. The average molecular weight is 229 g/mol. The summed E-state index contributed by atoms with van der Waals surface area (Å²) in [5.74, 6) is 2.50. The van der Waals surface area contributed by atoms with Crippen molar-refractivity contribution in [2.75, 3.05) is 0 Å². The van der Waals surface area contributed by atoms with E-state index in [0.29, 0.717) is 5.56 Å². The van der Waals surface area contributed by atoms with Gasteiger partial charge in [-0.1, -0.05) is 38.3 Å². The first-order valence-corrected chi connectivity index (χ1v) is 6.07. The molecule has 0 saturated heterocycles. The summed E-state index contributed by atoms with van der Waals surface area (Å²) in [7, 11) is 0. The average Bonchev–Trinajstić information content (AvgIpc) is 2.38. The largest absolute Gasteiger partial charge is 0.338 e. The van der Waals surface area contributed by atoms with Crippen LogP contribution in [0.3, 0.4) is 0 Å². The third kappa shape index (κ3) is 3.96. The molecule has 0 aliphatic carbocycles. The third-order valence-corrected chi connectivity index (χ3v) is 2.71. The van der Waals surface area contributed by atoms with Crippen molar-refractivity contribution >= 4 is 5.91 Å². The van der Waals surface area contributed by atoms with Gasteiger partial charge in [-0.2, -0.15) is 0 Å². The summed E-state index contributed by atoms with van der Waals surface area (Å²) < 4.78 is 0. The Labute approximate surface area is 103 Å². The number of carbonyl (C=O) groups is 1. The van der Waals surface area contributed by atoms with Crippen molar-refractivity contribution in [2.24, 2.45) is 0 Å². The molecular formula is C15H19NO. The van der Waals surface area contributed by atoms with Crippen molar-refractivity contribution in [3.8, 4) is 12.3 Å². The normalized spacial score (nSPS) is 11.6. The lowest BCUT2D eigenvalue weighted by atomic mass is 10.1. The number of terminal acetylenes is 1. The minimum Gasteiger partial charge on any atom is -0.338 e. The van der Waals surface area contributed by atoms with Gasteiger partial charge in [-0.25, -0.2) is 0 Å². The monoisotopic (exact) mass is 229 g/mol. The van der Waals surface area contributed by atoms with Crippen LogP contribution >= 0.6 is 0 Å². The van der Waals surface area contributed by atoms with E-state index in [-0.39, 0.29) is 11.9 Å². The highest BCUT2D eigenvalue weighted by atomic mass is 16.1. The summed E-state index contributed by atoms with van der Waals surface area (Å²) in [4.78, 5) is 11.9. The maximum Gasteiger partial charge on any atom is 0.252 e. The van der Waals surface area contributed by atoms with Crippen molar-refractivity contribution in [3.05, 3.63) is 35.4 Å². The fourth-order valence-corrected chi connectivity index (χ4v) is 1.62. The van der Waals surface area contributed by atoms with Gasteiger partial charge in [0.1, 0.15) is 0 Å². The van der Waals surface area contributed by atoms with Crippen LogP contribution in [-0.2, 0) is 6.42 Å². The van der Waals surface area contributed by atoms with Crippen LogP contribution in [-0.4, -0.2) is 11.9 Å². The van der Waals surface area contributed by atoms with E-state index in [4.69, 9.17) is 6.42 Å². The third-order valence-electron chi connectivity index (χ3n) is 2.71. The van der Waals surface area contributed by atoms with Gasteiger partial charge in [0, 0.05) is 5.56 Å². The first-order chi connectivity index (χ1) is 8.21. The minimum atomic E-state index is -0.168. The molecule has 0 spiro atoms. The second-order valence-corrected chi connectivity index (χ2v) is 4.03. The molecule has 90 valence electrons. The molecule has 2 heteroatoms. The first-order valence-electron chi connectivity index (χ1n) is 6.07. The number of rotatable bonds is 5. The summed E-state index contributed by atoms with van der Waals surface area (Å²) in [6.45, 7) is 4.14. The number of aryl methyl sites for hydroxylation is 1. The highest BCUT2D eigenvalue weighted by Crippen LogP contribution is 2.06. The number of hydrogen-bond donors (Lipinski definition) is 1. The molecule has 17 heavy (non-hydrogen) atoms. The maximum absolute atomic E-state index is 11.9. The van der Waals surface area contributed by atoms with Crippen LogP contribution in [0.25, 0.3) is 0 Å². The molecule has 0 aliphatic heterocycles. The minimum absolute atomic E-state index is 0.0935. The second kappa shape index (κ2) is 6.75. The van der Waals surface area contributed by atoms with E-state index in [1.165, 1.54) is 5.56 Å². The lowest BCUT2D eigenvalue weighted by Gasteiger charge is -2.12.